The Kier molecular flexibility index (Phi) is 6.08. The Balaban J connectivity index is 1.41. The van der Waals surface area contributed by atoms with Crippen molar-refractivity contribution in [2.45, 2.75) is 29.3 Å². The number of hydrogen-bond donors (Lipinski definition) is 2. The molecule has 0 bridgehead atoms. The Morgan fingerprint density at radius 3 is 2.76 bits per heavy atom. The number of tetrazole rings is 1. The molecule has 2 N–H and O–H groups in total. The molecule has 2 aromatic heterocycles. The molecular weight excluding hydrogens is 489 g/mol. The van der Waals surface area contributed by atoms with Crippen molar-refractivity contribution in [3.8, 4) is 0 Å². The number of alkyl halides is 3. The third-order valence-electron chi connectivity index (χ3n) is 4.76. The number of fused-ring (bicyclic) bond motifs is 1. The van der Waals surface area contributed by atoms with Gasteiger partial charge in [0.15, 0.2) is 5.69 Å². The summed E-state index contributed by atoms with van der Waals surface area (Å²) in [5, 5.41) is 26.3. The van der Waals surface area contributed by atoms with Crippen molar-refractivity contribution in [3.05, 3.63) is 29.2 Å². The molecular formula is C16H15F3N8O4S2. The summed E-state index contributed by atoms with van der Waals surface area (Å²) < 4.78 is 40.2. The van der Waals surface area contributed by atoms with Crippen LogP contribution in [-0.4, -0.2) is 80.7 Å². The van der Waals surface area contributed by atoms with E-state index in [4.69, 9.17) is 0 Å². The van der Waals surface area contributed by atoms with E-state index < -0.39 is 47.6 Å². The van der Waals surface area contributed by atoms with E-state index in [0.29, 0.717) is 16.5 Å². The lowest BCUT2D eigenvalue weighted by Gasteiger charge is -2.49. The fourth-order valence-corrected chi connectivity index (χ4v) is 5.59. The Morgan fingerprint density at radius 1 is 1.39 bits per heavy atom. The zero-order valence-electron chi connectivity index (χ0n) is 16.7. The number of hydrogen-bond acceptors (Lipinski definition) is 9. The molecule has 2 aliphatic rings. The van der Waals surface area contributed by atoms with Crippen LogP contribution in [0.1, 0.15) is 5.69 Å². The van der Waals surface area contributed by atoms with Gasteiger partial charge >= 0.3 is 12.1 Å². The summed E-state index contributed by atoms with van der Waals surface area (Å²) in [4.78, 5) is 37.9. The molecule has 0 aromatic carbocycles. The Morgan fingerprint density at radius 2 is 2.15 bits per heavy atom. The fourth-order valence-electron chi connectivity index (χ4n) is 3.26. The SMILES string of the molecule is Cn1nnnc1SCC1=C(C(=O)O)N2C(=O)C(NC(=O)Cn3ccc(C(F)(F)F)n3)C2SC1. The summed E-state index contributed by atoms with van der Waals surface area (Å²) in [6.45, 7) is -0.521. The molecule has 0 radical (unpaired) electrons. The molecule has 4 rings (SSSR count). The van der Waals surface area contributed by atoms with Crippen LogP contribution in [0.25, 0.3) is 0 Å². The van der Waals surface area contributed by atoms with Gasteiger partial charge in [0, 0.05) is 24.8 Å². The van der Waals surface area contributed by atoms with E-state index in [-0.39, 0.29) is 11.4 Å². The topological polar surface area (TPSA) is 148 Å². The molecule has 2 atom stereocenters. The van der Waals surface area contributed by atoms with E-state index in [0.717, 1.165) is 21.8 Å². The van der Waals surface area contributed by atoms with Gasteiger partial charge in [-0.05, 0) is 22.1 Å². The van der Waals surface area contributed by atoms with Gasteiger partial charge in [0.05, 0.1) is 0 Å². The first kappa shape index (κ1) is 23.1. The molecule has 33 heavy (non-hydrogen) atoms. The van der Waals surface area contributed by atoms with Crippen molar-refractivity contribution in [2.75, 3.05) is 11.5 Å². The molecule has 0 aliphatic carbocycles. The molecule has 1 fully saturated rings. The maximum absolute atomic E-state index is 12.7. The van der Waals surface area contributed by atoms with Crippen LogP contribution >= 0.6 is 23.5 Å². The number of carboxylic acids is 1. The second-order valence-electron chi connectivity index (χ2n) is 6.98. The van der Waals surface area contributed by atoms with E-state index in [1.54, 1.807) is 7.05 Å². The van der Waals surface area contributed by atoms with Crippen LogP contribution in [0, 0.1) is 0 Å². The van der Waals surface area contributed by atoms with Gasteiger partial charge in [-0.15, -0.1) is 16.9 Å². The van der Waals surface area contributed by atoms with Crippen LogP contribution in [0.15, 0.2) is 28.7 Å². The second kappa shape index (κ2) is 8.69. The van der Waals surface area contributed by atoms with Crippen molar-refractivity contribution in [2.24, 2.45) is 7.05 Å². The number of aromatic nitrogens is 6. The van der Waals surface area contributed by atoms with Crippen LogP contribution in [0.4, 0.5) is 13.2 Å². The van der Waals surface area contributed by atoms with Crippen molar-refractivity contribution < 1.29 is 32.7 Å². The van der Waals surface area contributed by atoms with Crippen LogP contribution in [0.2, 0.25) is 0 Å². The summed E-state index contributed by atoms with van der Waals surface area (Å²) in [5.74, 6) is -2.06. The average Bonchev–Trinajstić information content (AvgIpc) is 3.38. The van der Waals surface area contributed by atoms with Gasteiger partial charge in [0.25, 0.3) is 5.91 Å². The van der Waals surface area contributed by atoms with Gasteiger partial charge in [-0.25, -0.2) is 9.48 Å². The number of halogens is 3. The molecule has 2 unspecified atom stereocenters. The van der Waals surface area contributed by atoms with E-state index in [9.17, 15) is 32.7 Å². The number of carbonyl (C=O) groups excluding carboxylic acids is 2. The van der Waals surface area contributed by atoms with Crippen LogP contribution in [0.3, 0.4) is 0 Å². The third-order valence-corrected chi connectivity index (χ3v) is 7.20. The van der Waals surface area contributed by atoms with Gasteiger partial charge in [-0.2, -0.15) is 18.3 Å². The molecule has 4 heterocycles. The number of aliphatic carboxylic acids is 1. The van der Waals surface area contributed by atoms with Crippen LogP contribution < -0.4 is 5.32 Å². The molecule has 0 spiro atoms. The van der Waals surface area contributed by atoms with E-state index >= 15 is 0 Å². The Bertz CT molecular complexity index is 1150. The van der Waals surface area contributed by atoms with Crippen LogP contribution in [0.5, 0.6) is 0 Å². The molecule has 2 aromatic rings. The number of carboxylic acid groups (broad SMARTS) is 1. The standard InChI is InChI=1S/C16H15F3N8O4S2/c1-25-15(21-23-24-25)33-6-7-5-32-13-10(12(29)27(13)11(7)14(30)31)20-9(28)4-26-3-2-8(22-26)16(17,18)19/h2-3,10,13H,4-6H2,1H3,(H,20,28)(H,30,31). The van der Waals surface area contributed by atoms with E-state index in [1.165, 1.54) is 28.2 Å². The summed E-state index contributed by atoms with van der Waals surface area (Å²) in [6.07, 6.45) is -3.63. The highest BCUT2D eigenvalue weighted by atomic mass is 32.2. The van der Waals surface area contributed by atoms with E-state index in [2.05, 4.69) is 25.9 Å². The Labute approximate surface area is 191 Å². The van der Waals surface area contributed by atoms with Crippen LogP contribution in [-0.2, 0) is 34.2 Å². The predicted molar refractivity (Wildman–Crippen MR) is 106 cm³/mol. The third kappa shape index (κ3) is 4.54. The highest BCUT2D eigenvalue weighted by Crippen LogP contribution is 2.41. The molecule has 0 saturated carbocycles. The zero-order chi connectivity index (χ0) is 23.9. The number of aryl methyl sites for hydroxylation is 1. The summed E-state index contributed by atoms with van der Waals surface area (Å²) in [6, 6.07) is -0.257. The summed E-state index contributed by atoms with van der Waals surface area (Å²) >= 11 is 2.50. The second-order valence-corrected chi connectivity index (χ2v) is 9.03. The van der Waals surface area contributed by atoms with Gasteiger partial charge in [-0.3, -0.25) is 19.2 Å². The summed E-state index contributed by atoms with van der Waals surface area (Å²) in [7, 11) is 1.64. The maximum Gasteiger partial charge on any atom is 0.435 e. The van der Waals surface area contributed by atoms with Gasteiger partial charge < -0.3 is 10.4 Å². The summed E-state index contributed by atoms with van der Waals surface area (Å²) in [5.41, 5.74) is -0.785. The largest absolute Gasteiger partial charge is 0.477 e. The first-order valence-electron chi connectivity index (χ1n) is 9.21. The van der Waals surface area contributed by atoms with Gasteiger partial charge in [0.2, 0.25) is 11.1 Å². The number of β-lactam (4-membered cyclic amide) rings is 1. The average molecular weight is 504 g/mol. The first-order chi connectivity index (χ1) is 15.6. The normalized spacial score (nSPS) is 20.5. The quantitative estimate of drug-likeness (QED) is 0.389. The van der Waals surface area contributed by atoms with E-state index in [1.807, 2.05) is 0 Å². The maximum atomic E-state index is 12.7. The first-order valence-corrected chi connectivity index (χ1v) is 11.2. The minimum Gasteiger partial charge on any atom is -0.477 e. The number of nitrogens with one attached hydrogen (secondary N) is 1. The number of amides is 2. The molecule has 176 valence electrons. The molecule has 2 amide bonds. The number of thioether (sulfide) groups is 2. The minimum absolute atomic E-state index is 0.154. The highest BCUT2D eigenvalue weighted by Gasteiger charge is 2.54. The minimum atomic E-state index is -4.64. The molecule has 1 saturated heterocycles. The van der Waals surface area contributed by atoms with Crippen molar-refractivity contribution in [1.29, 1.82) is 0 Å². The van der Waals surface area contributed by atoms with Crippen molar-refractivity contribution in [1.82, 2.24) is 40.2 Å². The number of rotatable bonds is 7. The number of nitrogens with zero attached hydrogens (tertiary/aromatic N) is 7. The highest BCUT2D eigenvalue weighted by molar-refractivity contribution is 8.01. The fraction of sp³-hybridized carbons (Fsp3) is 0.438. The predicted octanol–water partition coefficient (Wildman–Crippen LogP) is -0.0437. The smallest absolute Gasteiger partial charge is 0.435 e. The lowest BCUT2D eigenvalue weighted by Crippen LogP contribution is -2.70. The van der Waals surface area contributed by atoms with Crippen molar-refractivity contribution in [3.63, 3.8) is 0 Å². The molecule has 2 aliphatic heterocycles. The van der Waals surface area contributed by atoms with Crippen molar-refractivity contribution >= 4 is 41.3 Å². The number of carbonyl (C=O) groups is 3. The van der Waals surface area contributed by atoms with Gasteiger partial charge in [0.1, 0.15) is 23.7 Å². The molecule has 17 heteroatoms. The molecule has 12 nitrogen and oxygen atoms in total. The zero-order valence-corrected chi connectivity index (χ0v) is 18.3. The monoisotopic (exact) mass is 504 g/mol. The Hall–Kier alpha value is -3.08. The lowest BCUT2D eigenvalue weighted by atomic mass is 10.0. The van der Waals surface area contributed by atoms with Gasteiger partial charge in [-0.1, -0.05) is 11.8 Å². The lowest BCUT2D eigenvalue weighted by molar-refractivity contribution is -0.150.